The second kappa shape index (κ2) is 5.20. The molecule has 10 heavy (non-hydrogen) atoms. The first-order valence-corrected chi connectivity index (χ1v) is 3.81. The van der Waals surface area contributed by atoms with Gasteiger partial charge in [0.1, 0.15) is 0 Å². The van der Waals surface area contributed by atoms with Crippen LogP contribution in [0.5, 0.6) is 0 Å². The van der Waals surface area contributed by atoms with Gasteiger partial charge in [-0.05, 0) is 19.0 Å². The molecule has 0 aliphatic rings. The molecule has 0 aliphatic heterocycles. The van der Waals surface area contributed by atoms with Gasteiger partial charge in [0.05, 0.1) is 11.4 Å². The number of rotatable bonds is 4. The SMILES string of the molecule is C=N/C(=C\SCN)C(C)=N. The molecule has 0 atom stereocenters. The molecule has 0 amide bonds. The minimum atomic E-state index is 0.413. The van der Waals surface area contributed by atoms with Crippen LogP contribution in [0.1, 0.15) is 6.92 Å². The maximum atomic E-state index is 7.17. The van der Waals surface area contributed by atoms with Crippen molar-refractivity contribution in [2.75, 3.05) is 5.88 Å². The minimum Gasteiger partial charge on any atom is -0.322 e. The topological polar surface area (TPSA) is 62.2 Å². The Labute approximate surface area is 64.9 Å². The van der Waals surface area contributed by atoms with Crippen LogP contribution in [0.4, 0.5) is 0 Å². The van der Waals surface area contributed by atoms with Gasteiger partial charge in [0.25, 0.3) is 0 Å². The maximum Gasteiger partial charge on any atom is 0.0890 e. The zero-order valence-electron chi connectivity index (χ0n) is 5.92. The molecule has 3 nitrogen and oxygen atoms in total. The molecule has 0 bridgehead atoms. The maximum absolute atomic E-state index is 7.17. The third-order valence-electron chi connectivity index (χ3n) is 0.846. The smallest absolute Gasteiger partial charge is 0.0890 e. The summed E-state index contributed by atoms with van der Waals surface area (Å²) in [6.07, 6.45) is 0. The molecule has 0 aromatic carbocycles. The van der Waals surface area contributed by atoms with Crippen LogP contribution in [0, 0.1) is 5.41 Å². The summed E-state index contributed by atoms with van der Waals surface area (Å²) in [4.78, 5) is 3.64. The van der Waals surface area contributed by atoms with Crippen LogP contribution in [-0.4, -0.2) is 18.3 Å². The second-order valence-corrected chi connectivity index (χ2v) is 2.52. The molecule has 0 unspecified atom stereocenters. The largest absolute Gasteiger partial charge is 0.322 e. The summed E-state index contributed by atoms with van der Waals surface area (Å²) < 4.78 is 0. The van der Waals surface area contributed by atoms with Gasteiger partial charge in [-0.25, -0.2) is 0 Å². The minimum absolute atomic E-state index is 0.413. The van der Waals surface area contributed by atoms with E-state index in [1.54, 1.807) is 12.3 Å². The quantitative estimate of drug-likeness (QED) is 0.476. The van der Waals surface area contributed by atoms with E-state index in [1.807, 2.05) is 0 Å². The number of nitrogens with one attached hydrogen (secondary N) is 1. The first-order valence-electron chi connectivity index (χ1n) is 2.76. The van der Waals surface area contributed by atoms with Crippen molar-refractivity contribution >= 4 is 24.2 Å². The van der Waals surface area contributed by atoms with Crippen molar-refractivity contribution in [2.45, 2.75) is 6.92 Å². The van der Waals surface area contributed by atoms with Gasteiger partial charge >= 0.3 is 0 Å². The highest BCUT2D eigenvalue weighted by Gasteiger charge is 1.93. The molecule has 0 rings (SSSR count). The summed E-state index contributed by atoms with van der Waals surface area (Å²) in [5.41, 5.74) is 6.22. The summed E-state index contributed by atoms with van der Waals surface area (Å²) in [6.45, 7) is 4.99. The third kappa shape index (κ3) is 3.42. The van der Waals surface area contributed by atoms with E-state index in [0.717, 1.165) is 0 Å². The van der Waals surface area contributed by atoms with E-state index in [-0.39, 0.29) is 0 Å². The fourth-order valence-electron chi connectivity index (χ4n) is 0.371. The summed E-state index contributed by atoms with van der Waals surface area (Å²) >= 11 is 1.41. The lowest BCUT2D eigenvalue weighted by Gasteiger charge is -1.94. The van der Waals surface area contributed by atoms with E-state index in [2.05, 4.69) is 11.7 Å². The summed E-state index contributed by atoms with van der Waals surface area (Å²) in [7, 11) is 0. The Hall–Kier alpha value is -0.610. The van der Waals surface area contributed by atoms with Crippen molar-refractivity contribution in [1.82, 2.24) is 0 Å². The Balaban J connectivity index is 4.04. The molecule has 3 N–H and O–H groups in total. The van der Waals surface area contributed by atoms with E-state index in [0.29, 0.717) is 17.3 Å². The summed E-state index contributed by atoms with van der Waals surface area (Å²) in [5, 5.41) is 8.91. The van der Waals surface area contributed by atoms with Crippen LogP contribution < -0.4 is 5.73 Å². The van der Waals surface area contributed by atoms with Crippen molar-refractivity contribution in [2.24, 2.45) is 10.7 Å². The highest BCUT2D eigenvalue weighted by Crippen LogP contribution is 2.06. The Morgan fingerprint density at radius 3 is 2.80 bits per heavy atom. The lowest BCUT2D eigenvalue weighted by Crippen LogP contribution is -1.93. The first kappa shape index (κ1) is 9.39. The lowest BCUT2D eigenvalue weighted by molar-refractivity contribution is 1.38. The molecular formula is C6H11N3S. The number of hydrogen-bond acceptors (Lipinski definition) is 4. The molecule has 0 heterocycles. The fraction of sp³-hybridized carbons (Fsp3) is 0.333. The fourth-order valence-corrected chi connectivity index (χ4v) is 0.877. The molecular weight excluding hydrogens is 146 g/mol. The average Bonchev–Trinajstić information content (AvgIpc) is 1.89. The van der Waals surface area contributed by atoms with Crippen LogP contribution in [0.2, 0.25) is 0 Å². The molecule has 56 valence electrons. The van der Waals surface area contributed by atoms with Crippen molar-refractivity contribution in [3.8, 4) is 0 Å². The van der Waals surface area contributed by atoms with E-state index in [4.69, 9.17) is 11.1 Å². The number of nitrogens with two attached hydrogens (primary N) is 1. The lowest BCUT2D eigenvalue weighted by atomic mass is 10.3. The molecule has 0 saturated heterocycles. The Kier molecular flexibility index (Phi) is 4.88. The zero-order valence-corrected chi connectivity index (χ0v) is 6.74. The van der Waals surface area contributed by atoms with Crippen LogP contribution in [-0.2, 0) is 0 Å². The van der Waals surface area contributed by atoms with Gasteiger partial charge in [-0.3, -0.25) is 4.99 Å². The number of aliphatic imine (C=N–C) groups is 1. The predicted molar refractivity (Wildman–Crippen MR) is 47.7 cm³/mol. The van der Waals surface area contributed by atoms with Crippen LogP contribution >= 0.6 is 11.8 Å². The van der Waals surface area contributed by atoms with Crippen LogP contribution in [0.3, 0.4) is 0 Å². The molecule has 0 fully saturated rings. The highest BCUT2D eigenvalue weighted by molar-refractivity contribution is 8.02. The number of allylic oxidation sites excluding steroid dienone is 1. The number of hydrogen-bond donors (Lipinski definition) is 2. The number of nitrogens with zero attached hydrogens (tertiary/aromatic N) is 1. The van der Waals surface area contributed by atoms with E-state index < -0.39 is 0 Å². The highest BCUT2D eigenvalue weighted by atomic mass is 32.2. The van der Waals surface area contributed by atoms with Gasteiger partial charge in [-0.2, -0.15) is 0 Å². The molecule has 0 saturated carbocycles. The summed E-state index contributed by atoms with van der Waals surface area (Å²) in [5.74, 6) is 0.506. The van der Waals surface area contributed by atoms with Crippen LogP contribution in [0.15, 0.2) is 16.1 Å². The first-order chi connectivity index (χ1) is 4.72. The van der Waals surface area contributed by atoms with Crippen LogP contribution in [0.25, 0.3) is 0 Å². The Bertz CT molecular complexity index is 162. The summed E-state index contributed by atoms with van der Waals surface area (Å²) in [6, 6.07) is 0. The molecule has 4 heteroatoms. The third-order valence-corrected chi connectivity index (χ3v) is 1.43. The van der Waals surface area contributed by atoms with Crippen molar-refractivity contribution in [3.05, 3.63) is 11.1 Å². The Morgan fingerprint density at radius 2 is 2.50 bits per heavy atom. The van der Waals surface area contributed by atoms with Crippen molar-refractivity contribution in [1.29, 1.82) is 5.41 Å². The van der Waals surface area contributed by atoms with Crippen molar-refractivity contribution < 1.29 is 0 Å². The normalized spacial score (nSPS) is 11.2. The predicted octanol–water partition coefficient (Wildman–Crippen LogP) is 1.22. The molecule has 0 spiro atoms. The van der Waals surface area contributed by atoms with Gasteiger partial charge in [0, 0.05) is 5.88 Å². The Morgan fingerprint density at radius 1 is 1.90 bits per heavy atom. The van der Waals surface area contributed by atoms with Gasteiger partial charge in [0.15, 0.2) is 0 Å². The van der Waals surface area contributed by atoms with E-state index >= 15 is 0 Å². The molecule has 0 radical (unpaired) electrons. The zero-order chi connectivity index (χ0) is 7.98. The van der Waals surface area contributed by atoms with E-state index in [9.17, 15) is 0 Å². The van der Waals surface area contributed by atoms with Gasteiger partial charge in [0.2, 0.25) is 0 Å². The molecule has 0 aliphatic carbocycles. The van der Waals surface area contributed by atoms with Gasteiger partial charge < -0.3 is 11.1 Å². The molecule has 0 aromatic heterocycles. The number of thioether (sulfide) groups is 1. The second-order valence-electron chi connectivity index (χ2n) is 1.62. The monoisotopic (exact) mass is 157 g/mol. The van der Waals surface area contributed by atoms with Gasteiger partial charge in [-0.15, -0.1) is 11.8 Å². The standard InChI is InChI=1S/C6H11N3S/c1-5(8)6(9-2)3-10-4-7/h3,8H,2,4,7H2,1H3/b6-3-,8-5?. The average molecular weight is 157 g/mol. The van der Waals surface area contributed by atoms with Crippen molar-refractivity contribution in [3.63, 3.8) is 0 Å². The van der Waals surface area contributed by atoms with Gasteiger partial charge in [-0.1, -0.05) is 0 Å². The van der Waals surface area contributed by atoms with E-state index in [1.165, 1.54) is 11.8 Å². The molecule has 0 aromatic rings.